The van der Waals surface area contributed by atoms with Crippen LogP contribution in [0.15, 0.2) is 48.5 Å². The predicted molar refractivity (Wildman–Crippen MR) is 93.6 cm³/mol. The number of amides is 2. The zero-order valence-electron chi connectivity index (χ0n) is 14.0. The Morgan fingerprint density at radius 2 is 1.83 bits per heavy atom. The minimum absolute atomic E-state index is 0.175. The van der Waals surface area contributed by atoms with E-state index in [0.29, 0.717) is 5.69 Å². The van der Waals surface area contributed by atoms with E-state index in [1.807, 2.05) is 38.1 Å². The highest BCUT2D eigenvalue weighted by Crippen LogP contribution is 2.24. The lowest BCUT2D eigenvalue weighted by Crippen LogP contribution is -2.36. The standard InChI is InChI=1S/C19H21FN2O2/c1-13(2)17-9-4-5-10-18(17)21-19(24)12-22(14(3)23)16-8-6-7-15(20)11-16/h4-11,13H,12H2,1-3H3,(H,21,24). The summed E-state index contributed by atoms with van der Waals surface area (Å²) in [6, 6.07) is 13.2. The van der Waals surface area contributed by atoms with E-state index in [1.165, 1.54) is 30.0 Å². The predicted octanol–water partition coefficient (Wildman–Crippen LogP) is 3.94. The molecule has 0 aliphatic carbocycles. The molecule has 0 atom stereocenters. The van der Waals surface area contributed by atoms with E-state index in [-0.39, 0.29) is 24.3 Å². The van der Waals surface area contributed by atoms with Crippen LogP contribution in [0.25, 0.3) is 0 Å². The highest BCUT2D eigenvalue weighted by atomic mass is 19.1. The van der Waals surface area contributed by atoms with Gasteiger partial charge in [-0.05, 0) is 35.7 Å². The van der Waals surface area contributed by atoms with Crippen LogP contribution >= 0.6 is 0 Å². The smallest absolute Gasteiger partial charge is 0.244 e. The molecule has 5 heteroatoms. The minimum Gasteiger partial charge on any atom is -0.324 e. The summed E-state index contributed by atoms with van der Waals surface area (Å²) < 4.78 is 13.4. The van der Waals surface area contributed by atoms with Gasteiger partial charge in [0.25, 0.3) is 0 Å². The van der Waals surface area contributed by atoms with Crippen molar-refractivity contribution in [1.29, 1.82) is 0 Å². The van der Waals surface area contributed by atoms with Gasteiger partial charge in [0, 0.05) is 18.3 Å². The Morgan fingerprint density at radius 1 is 1.12 bits per heavy atom. The monoisotopic (exact) mass is 328 g/mol. The number of rotatable bonds is 5. The lowest BCUT2D eigenvalue weighted by atomic mass is 10.0. The molecular weight excluding hydrogens is 307 g/mol. The zero-order chi connectivity index (χ0) is 17.7. The third-order valence-corrected chi connectivity index (χ3v) is 3.66. The van der Waals surface area contributed by atoms with Crippen LogP contribution in [-0.4, -0.2) is 18.4 Å². The topological polar surface area (TPSA) is 49.4 Å². The van der Waals surface area contributed by atoms with Crippen molar-refractivity contribution in [3.63, 3.8) is 0 Å². The zero-order valence-corrected chi connectivity index (χ0v) is 14.0. The Bertz CT molecular complexity index is 744. The van der Waals surface area contributed by atoms with E-state index in [0.717, 1.165) is 11.3 Å². The molecule has 0 heterocycles. The van der Waals surface area contributed by atoms with Crippen LogP contribution in [0.4, 0.5) is 15.8 Å². The number of carbonyl (C=O) groups is 2. The van der Waals surface area contributed by atoms with Crippen LogP contribution in [0.1, 0.15) is 32.3 Å². The summed E-state index contributed by atoms with van der Waals surface area (Å²) in [6.07, 6.45) is 0. The van der Waals surface area contributed by atoms with Crippen LogP contribution in [0.5, 0.6) is 0 Å². The molecule has 0 spiro atoms. The molecular formula is C19H21FN2O2. The number of anilines is 2. The SMILES string of the molecule is CC(=O)N(CC(=O)Nc1ccccc1C(C)C)c1cccc(F)c1. The molecule has 0 saturated carbocycles. The number of para-hydroxylation sites is 1. The van der Waals surface area contributed by atoms with Crippen molar-refractivity contribution in [2.75, 3.05) is 16.8 Å². The number of hydrogen-bond donors (Lipinski definition) is 1. The maximum Gasteiger partial charge on any atom is 0.244 e. The van der Waals surface area contributed by atoms with Crippen LogP contribution in [0.3, 0.4) is 0 Å². The molecule has 0 aromatic heterocycles. The maximum atomic E-state index is 13.4. The van der Waals surface area contributed by atoms with Gasteiger partial charge in [-0.25, -0.2) is 4.39 Å². The molecule has 0 fully saturated rings. The first-order valence-electron chi connectivity index (χ1n) is 7.81. The van der Waals surface area contributed by atoms with Crippen molar-refractivity contribution < 1.29 is 14.0 Å². The Hall–Kier alpha value is -2.69. The largest absolute Gasteiger partial charge is 0.324 e. The molecule has 0 unspecified atom stereocenters. The van der Waals surface area contributed by atoms with Crippen molar-refractivity contribution >= 4 is 23.2 Å². The van der Waals surface area contributed by atoms with Crippen molar-refractivity contribution in [3.05, 3.63) is 59.9 Å². The highest BCUT2D eigenvalue weighted by molar-refractivity contribution is 6.02. The van der Waals surface area contributed by atoms with Crippen LogP contribution in [0, 0.1) is 5.82 Å². The third-order valence-electron chi connectivity index (χ3n) is 3.66. The average Bonchev–Trinajstić information content (AvgIpc) is 2.52. The molecule has 4 nitrogen and oxygen atoms in total. The van der Waals surface area contributed by atoms with Gasteiger partial charge >= 0.3 is 0 Å². The number of nitrogens with zero attached hydrogens (tertiary/aromatic N) is 1. The number of benzene rings is 2. The van der Waals surface area contributed by atoms with Crippen molar-refractivity contribution in [3.8, 4) is 0 Å². The molecule has 2 rings (SSSR count). The summed E-state index contributed by atoms with van der Waals surface area (Å²) >= 11 is 0. The van der Waals surface area contributed by atoms with Gasteiger partial charge in [0.1, 0.15) is 12.4 Å². The summed E-state index contributed by atoms with van der Waals surface area (Å²) in [5.74, 6) is -0.853. The summed E-state index contributed by atoms with van der Waals surface area (Å²) in [6.45, 7) is 5.25. The molecule has 0 aliphatic rings. The Labute approximate surface area is 141 Å². The van der Waals surface area contributed by atoms with E-state index >= 15 is 0 Å². The van der Waals surface area contributed by atoms with Crippen LogP contribution in [0.2, 0.25) is 0 Å². The normalized spacial score (nSPS) is 10.5. The fourth-order valence-corrected chi connectivity index (χ4v) is 2.48. The Kier molecular flexibility index (Phi) is 5.68. The number of hydrogen-bond acceptors (Lipinski definition) is 2. The van der Waals surface area contributed by atoms with Gasteiger partial charge in [-0.1, -0.05) is 38.1 Å². The quantitative estimate of drug-likeness (QED) is 0.904. The fraction of sp³-hybridized carbons (Fsp3) is 0.263. The lowest BCUT2D eigenvalue weighted by Gasteiger charge is -2.21. The molecule has 0 saturated heterocycles. The van der Waals surface area contributed by atoms with E-state index < -0.39 is 5.82 Å². The first kappa shape index (κ1) is 17.7. The molecule has 0 aliphatic heterocycles. The van der Waals surface area contributed by atoms with Gasteiger partial charge in [-0.15, -0.1) is 0 Å². The van der Waals surface area contributed by atoms with Crippen molar-refractivity contribution in [2.45, 2.75) is 26.7 Å². The molecule has 2 amide bonds. The van der Waals surface area contributed by atoms with Crippen LogP contribution < -0.4 is 10.2 Å². The van der Waals surface area contributed by atoms with Gasteiger partial charge in [-0.3, -0.25) is 9.59 Å². The number of carbonyl (C=O) groups excluding carboxylic acids is 2. The van der Waals surface area contributed by atoms with Crippen molar-refractivity contribution in [1.82, 2.24) is 0 Å². The Balaban J connectivity index is 2.16. The maximum absolute atomic E-state index is 13.4. The van der Waals surface area contributed by atoms with E-state index in [4.69, 9.17) is 0 Å². The second kappa shape index (κ2) is 7.73. The molecule has 2 aromatic carbocycles. The van der Waals surface area contributed by atoms with Gasteiger partial charge in [-0.2, -0.15) is 0 Å². The summed E-state index contributed by atoms with van der Waals surface area (Å²) in [7, 11) is 0. The molecule has 126 valence electrons. The molecule has 24 heavy (non-hydrogen) atoms. The van der Waals surface area contributed by atoms with Crippen LogP contribution in [-0.2, 0) is 9.59 Å². The third kappa shape index (κ3) is 4.41. The first-order chi connectivity index (χ1) is 11.4. The number of halogens is 1. The highest BCUT2D eigenvalue weighted by Gasteiger charge is 2.17. The molecule has 2 aromatic rings. The summed E-state index contributed by atoms with van der Waals surface area (Å²) in [5, 5.41) is 2.84. The van der Waals surface area contributed by atoms with Gasteiger partial charge in [0.2, 0.25) is 11.8 Å². The fourth-order valence-electron chi connectivity index (χ4n) is 2.48. The second-order valence-corrected chi connectivity index (χ2v) is 5.88. The molecule has 1 N–H and O–H groups in total. The summed E-state index contributed by atoms with van der Waals surface area (Å²) in [4.78, 5) is 25.5. The number of nitrogens with one attached hydrogen (secondary N) is 1. The van der Waals surface area contributed by atoms with Crippen molar-refractivity contribution in [2.24, 2.45) is 0 Å². The van der Waals surface area contributed by atoms with Gasteiger partial charge in [0.05, 0.1) is 0 Å². The minimum atomic E-state index is -0.454. The first-order valence-corrected chi connectivity index (χ1v) is 7.81. The van der Waals surface area contributed by atoms with E-state index in [2.05, 4.69) is 5.32 Å². The van der Waals surface area contributed by atoms with Gasteiger partial charge < -0.3 is 10.2 Å². The second-order valence-electron chi connectivity index (χ2n) is 5.88. The van der Waals surface area contributed by atoms with Gasteiger partial charge in [0.15, 0.2) is 0 Å². The summed E-state index contributed by atoms with van der Waals surface area (Å²) in [5.41, 5.74) is 2.10. The average molecular weight is 328 g/mol. The molecule has 0 radical (unpaired) electrons. The van der Waals surface area contributed by atoms with E-state index in [9.17, 15) is 14.0 Å². The molecule has 0 bridgehead atoms. The lowest BCUT2D eigenvalue weighted by molar-refractivity contribution is -0.120. The van der Waals surface area contributed by atoms with E-state index in [1.54, 1.807) is 6.07 Å². The Morgan fingerprint density at radius 3 is 2.46 bits per heavy atom.